The lowest BCUT2D eigenvalue weighted by Gasteiger charge is -2.36. The number of carbonyl (C=O) groups excluding carboxylic acids is 1. The molecular weight excluding hydrogens is 566 g/mol. The molecule has 1 aliphatic carbocycles. The zero-order chi connectivity index (χ0) is 31.3. The van der Waals surface area contributed by atoms with Crippen molar-refractivity contribution in [2.24, 2.45) is 14.1 Å². The number of benzene rings is 1. The van der Waals surface area contributed by atoms with Crippen LogP contribution < -0.4 is 15.5 Å². The first-order chi connectivity index (χ1) is 21.9. The van der Waals surface area contributed by atoms with Crippen LogP contribution in [0, 0.1) is 18.3 Å². The predicted molar refractivity (Wildman–Crippen MR) is 171 cm³/mol. The maximum atomic E-state index is 13.7. The van der Waals surface area contributed by atoms with Gasteiger partial charge in [-0.25, -0.2) is 19.7 Å². The molecule has 12 heteroatoms. The van der Waals surface area contributed by atoms with Crippen LogP contribution in [0.4, 0.5) is 16.6 Å². The van der Waals surface area contributed by atoms with Gasteiger partial charge in [-0.15, -0.1) is 0 Å². The second-order valence-corrected chi connectivity index (χ2v) is 11.3. The summed E-state index contributed by atoms with van der Waals surface area (Å²) in [4.78, 5) is 29.4. The van der Waals surface area contributed by atoms with Gasteiger partial charge in [-0.2, -0.15) is 15.5 Å². The molecule has 0 bridgehead atoms. The fraction of sp³-hybridized carbons (Fsp3) is 0.303. The molecule has 228 valence electrons. The topological polar surface area (TPSA) is 142 Å². The van der Waals surface area contributed by atoms with E-state index in [9.17, 15) is 10.1 Å². The number of hydrogen-bond donors (Lipinski definition) is 2. The number of urea groups is 1. The van der Waals surface area contributed by atoms with Gasteiger partial charge in [0.05, 0.1) is 29.3 Å². The Kier molecular flexibility index (Phi) is 8.50. The molecule has 0 atom stereocenters. The van der Waals surface area contributed by atoms with Crippen LogP contribution >= 0.6 is 0 Å². The van der Waals surface area contributed by atoms with E-state index >= 15 is 0 Å². The molecule has 1 aliphatic rings. The largest absolute Gasteiger partial charge is 0.351 e. The molecule has 6 rings (SSSR count). The summed E-state index contributed by atoms with van der Waals surface area (Å²) in [6.07, 6.45) is 12.1. The summed E-state index contributed by atoms with van der Waals surface area (Å²) >= 11 is 0. The van der Waals surface area contributed by atoms with Crippen molar-refractivity contribution in [1.82, 2.24) is 39.8 Å². The zero-order valence-electron chi connectivity index (χ0n) is 25.6. The Bertz CT molecular complexity index is 1810. The summed E-state index contributed by atoms with van der Waals surface area (Å²) in [6, 6.07) is 15.9. The summed E-state index contributed by atoms with van der Waals surface area (Å²) in [5, 5.41) is 24.9. The molecule has 1 aromatic carbocycles. The van der Waals surface area contributed by atoms with E-state index < -0.39 is 0 Å². The SMILES string of the molecule is Cc1nn(C)cc1-c1nc(NC2CCC(N(C(=O)NCc3ccccc3)c3ccc(-c4cnn(C)c4)cn3)CC2)ncc1C#N. The monoisotopic (exact) mass is 601 g/mol. The minimum atomic E-state index is -0.177. The number of aryl methyl sites for hydroxylation is 3. The maximum Gasteiger partial charge on any atom is 0.323 e. The molecule has 5 aromatic rings. The standard InChI is InChI=1S/C33H35N11O/c1-22-29(21-43(3)41-22)31-25(15-34)18-36-32(40-31)39-27-10-12-28(13-11-27)44(33(45)37-16-23-7-5-4-6-8-23)30-14-9-24(17-35-30)26-19-38-42(2)20-26/h4-9,14,17-21,27-28H,10-13,16H2,1-3H3,(H,37,45)(H,36,39,40). The quantitative estimate of drug-likeness (QED) is 0.253. The van der Waals surface area contributed by atoms with E-state index in [-0.39, 0.29) is 18.1 Å². The minimum Gasteiger partial charge on any atom is -0.351 e. The lowest BCUT2D eigenvalue weighted by atomic mass is 9.90. The molecule has 4 aromatic heterocycles. The summed E-state index contributed by atoms with van der Waals surface area (Å²) < 4.78 is 3.47. The van der Waals surface area contributed by atoms with Gasteiger partial charge < -0.3 is 10.6 Å². The molecule has 2 amide bonds. The van der Waals surface area contributed by atoms with Gasteiger partial charge >= 0.3 is 6.03 Å². The number of nitrogens with zero attached hydrogens (tertiary/aromatic N) is 9. The van der Waals surface area contributed by atoms with Crippen LogP contribution in [0.2, 0.25) is 0 Å². The lowest BCUT2D eigenvalue weighted by molar-refractivity contribution is 0.240. The molecule has 45 heavy (non-hydrogen) atoms. The fourth-order valence-electron chi connectivity index (χ4n) is 5.82. The van der Waals surface area contributed by atoms with Crippen molar-refractivity contribution in [2.75, 3.05) is 10.2 Å². The molecule has 0 aliphatic heterocycles. The number of amides is 2. The van der Waals surface area contributed by atoms with Crippen molar-refractivity contribution in [3.05, 3.63) is 90.3 Å². The Morgan fingerprint density at radius 3 is 2.42 bits per heavy atom. The Labute approximate surface area is 261 Å². The van der Waals surface area contributed by atoms with Crippen LogP contribution in [-0.2, 0) is 20.6 Å². The van der Waals surface area contributed by atoms with Gasteiger partial charge in [-0.1, -0.05) is 30.3 Å². The van der Waals surface area contributed by atoms with Gasteiger partial charge in [0.2, 0.25) is 5.95 Å². The zero-order valence-corrected chi connectivity index (χ0v) is 25.6. The average molecular weight is 602 g/mol. The molecule has 1 saturated carbocycles. The Hall–Kier alpha value is -5.57. The second kappa shape index (κ2) is 13.0. The summed E-state index contributed by atoms with van der Waals surface area (Å²) in [7, 11) is 3.72. The van der Waals surface area contributed by atoms with Gasteiger partial charge in [0.15, 0.2) is 0 Å². The average Bonchev–Trinajstić information content (AvgIpc) is 3.65. The van der Waals surface area contributed by atoms with Gasteiger partial charge in [-0.3, -0.25) is 14.3 Å². The highest BCUT2D eigenvalue weighted by atomic mass is 16.2. The fourth-order valence-corrected chi connectivity index (χ4v) is 5.82. The van der Waals surface area contributed by atoms with Crippen LogP contribution in [-0.4, -0.2) is 52.6 Å². The minimum absolute atomic E-state index is 0.0361. The highest BCUT2D eigenvalue weighted by Gasteiger charge is 2.31. The molecule has 0 radical (unpaired) electrons. The van der Waals surface area contributed by atoms with E-state index in [1.165, 1.54) is 0 Å². The summed E-state index contributed by atoms with van der Waals surface area (Å²) in [6.45, 7) is 2.33. The number of rotatable bonds is 8. The van der Waals surface area contributed by atoms with Gasteiger partial charge in [0.25, 0.3) is 0 Å². The van der Waals surface area contributed by atoms with Crippen LogP contribution in [0.3, 0.4) is 0 Å². The van der Waals surface area contributed by atoms with E-state index in [0.29, 0.717) is 29.6 Å². The van der Waals surface area contributed by atoms with Crippen LogP contribution in [0.15, 0.2) is 73.4 Å². The van der Waals surface area contributed by atoms with Crippen LogP contribution in [0.5, 0.6) is 0 Å². The van der Waals surface area contributed by atoms with Crippen molar-refractivity contribution in [3.8, 4) is 28.5 Å². The molecular formula is C33H35N11O. The van der Waals surface area contributed by atoms with Gasteiger partial charge in [0.1, 0.15) is 11.9 Å². The van der Waals surface area contributed by atoms with Gasteiger partial charge in [-0.05, 0) is 50.3 Å². The Balaban J connectivity index is 1.17. The van der Waals surface area contributed by atoms with E-state index in [0.717, 1.165) is 53.6 Å². The normalized spacial score (nSPS) is 16.1. The van der Waals surface area contributed by atoms with Crippen molar-refractivity contribution in [2.45, 2.75) is 51.2 Å². The third kappa shape index (κ3) is 6.67. The maximum absolute atomic E-state index is 13.7. The number of aromatic nitrogens is 7. The molecule has 1 fully saturated rings. The molecule has 2 N–H and O–H groups in total. The number of carbonyl (C=O) groups is 1. The van der Waals surface area contributed by atoms with E-state index in [4.69, 9.17) is 9.97 Å². The Morgan fingerprint density at radius 1 is 0.978 bits per heavy atom. The number of pyridine rings is 1. The van der Waals surface area contributed by atoms with Crippen LogP contribution in [0.1, 0.15) is 42.5 Å². The smallest absolute Gasteiger partial charge is 0.323 e. The lowest BCUT2D eigenvalue weighted by Crippen LogP contribution is -2.49. The predicted octanol–water partition coefficient (Wildman–Crippen LogP) is 4.99. The number of nitriles is 1. The molecule has 0 spiro atoms. The molecule has 4 heterocycles. The van der Waals surface area contributed by atoms with Crippen molar-refractivity contribution in [1.29, 1.82) is 5.26 Å². The number of nitrogens with one attached hydrogen (secondary N) is 2. The summed E-state index contributed by atoms with van der Waals surface area (Å²) in [5.41, 5.74) is 5.51. The van der Waals surface area contributed by atoms with Crippen molar-refractivity contribution >= 4 is 17.8 Å². The first-order valence-corrected chi connectivity index (χ1v) is 15.0. The third-order valence-corrected chi connectivity index (χ3v) is 8.11. The first-order valence-electron chi connectivity index (χ1n) is 15.0. The van der Waals surface area contributed by atoms with Crippen LogP contribution in [0.25, 0.3) is 22.4 Å². The Morgan fingerprint density at radius 2 is 1.78 bits per heavy atom. The molecule has 0 saturated heterocycles. The highest BCUT2D eigenvalue weighted by molar-refractivity contribution is 5.91. The van der Waals surface area contributed by atoms with E-state index in [2.05, 4.69) is 31.9 Å². The molecule has 0 unspecified atom stereocenters. The third-order valence-electron chi connectivity index (χ3n) is 8.11. The second-order valence-electron chi connectivity index (χ2n) is 11.3. The van der Waals surface area contributed by atoms with Gasteiger partial charge in [0, 0.05) is 68.0 Å². The first kappa shape index (κ1) is 29.5. The number of anilines is 2. The van der Waals surface area contributed by atoms with E-state index in [1.54, 1.807) is 32.9 Å². The molecule has 12 nitrogen and oxygen atoms in total. The number of hydrogen-bond acceptors (Lipinski definition) is 8. The van der Waals surface area contributed by atoms with Crippen molar-refractivity contribution < 1.29 is 4.79 Å². The summed E-state index contributed by atoms with van der Waals surface area (Å²) in [5.74, 6) is 1.08. The highest BCUT2D eigenvalue weighted by Crippen LogP contribution is 2.30. The van der Waals surface area contributed by atoms with Crippen molar-refractivity contribution in [3.63, 3.8) is 0 Å². The van der Waals surface area contributed by atoms with E-state index in [1.807, 2.05) is 75.9 Å².